The number of thiophene rings is 1. The number of rotatable bonds is 3. The van der Waals surface area contributed by atoms with Crippen LogP contribution in [0.5, 0.6) is 0 Å². The predicted molar refractivity (Wildman–Crippen MR) is 129 cm³/mol. The minimum atomic E-state index is 1.07. The summed E-state index contributed by atoms with van der Waals surface area (Å²) in [5.74, 6) is 0. The monoisotopic (exact) mass is 563 g/mol. The second-order valence-electron chi connectivity index (χ2n) is 6.46. The molecule has 0 atom stereocenters. The van der Waals surface area contributed by atoms with Crippen molar-refractivity contribution in [3.05, 3.63) is 85.2 Å². The van der Waals surface area contributed by atoms with Crippen molar-refractivity contribution in [3.8, 4) is 0 Å². The summed E-state index contributed by atoms with van der Waals surface area (Å²) >= 11 is 13.2. The van der Waals surface area contributed by atoms with Crippen LogP contribution in [0.1, 0.15) is 11.1 Å². The summed E-state index contributed by atoms with van der Waals surface area (Å²) in [6.07, 6.45) is 0. The molecule has 3 aromatic carbocycles. The summed E-state index contributed by atoms with van der Waals surface area (Å²) in [5, 5.41) is 2.39. The SMILES string of the molecule is Cc1ccc(N(c2ccc(C)cc2Br)c2sc3ccccc3c2Br)c(Br)c1. The smallest absolute Gasteiger partial charge is 0.116 e. The number of nitrogens with zero attached hydrogens (tertiary/aromatic N) is 1. The van der Waals surface area contributed by atoms with Crippen LogP contribution in [0, 0.1) is 13.8 Å². The van der Waals surface area contributed by atoms with E-state index in [2.05, 4.69) is 127 Å². The Morgan fingerprint density at radius 2 is 1.30 bits per heavy atom. The molecule has 0 fully saturated rings. The number of fused-ring (bicyclic) bond motifs is 1. The summed E-state index contributed by atoms with van der Waals surface area (Å²) in [7, 11) is 0. The van der Waals surface area contributed by atoms with Crippen LogP contribution in [0.2, 0.25) is 0 Å². The molecule has 0 N–H and O–H groups in total. The van der Waals surface area contributed by atoms with Gasteiger partial charge in [0.1, 0.15) is 5.00 Å². The lowest BCUT2D eigenvalue weighted by Gasteiger charge is -2.27. The predicted octanol–water partition coefficient (Wildman–Crippen LogP) is 9.28. The molecule has 27 heavy (non-hydrogen) atoms. The van der Waals surface area contributed by atoms with Gasteiger partial charge in [-0.15, -0.1) is 11.3 Å². The molecule has 5 heteroatoms. The third-order valence-electron chi connectivity index (χ3n) is 4.41. The van der Waals surface area contributed by atoms with Crippen LogP contribution >= 0.6 is 59.1 Å². The highest BCUT2D eigenvalue weighted by Crippen LogP contribution is 2.50. The second kappa shape index (κ2) is 7.70. The van der Waals surface area contributed by atoms with E-state index in [4.69, 9.17) is 0 Å². The molecule has 1 aromatic heterocycles. The summed E-state index contributed by atoms with van der Waals surface area (Å²) in [5.41, 5.74) is 4.67. The third kappa shape index (κ3) is 3.63. The van der Waals surface area contributed by atoms with Crippen molar-refractivity contribution in [2.75, 3.05) is 4.90 Å². The highest BCUT2D eigenvalue weighted by Gasteiger charge is 2.23. The molecule has 4 aromatic rings. The van der Waals surface area contributed by atoms with Gasteiger partial charge < -0.3 is 0 Å². The third-order valence-corrected chi connectivity index (χ3v) is 7.90. The maximum Gasteiger partial charge on any atom is 0.116 e. The molecule has 0 aliphatic carbocycles. The number of aryl methyl sites for hydroxylation is 2. The van der Waals surface area contributed by atoms with Crippen molar-refractivity contribution in [1.82, 2.24) is 0 Å². The lowest BCUT2D eigenvalue weighted by atomic mass is 10.1. The Hall–Kier alpha value is -1.14. The topological polar surface area (TPSA) is 3.24 Å². The standard InChI is InChI=1S/C22H16Br3NS/c1-13-7-9-18(16(23)11-13)26(19-10-8-14(2)12-17(19)24)22-21(25)15-5-3-4-6-20(15)27-22/h3-12H,1-2H3. The molecule has 0 saturated carbocycles. The van der Waals surface area contributed by atoms with E-state index in [1.54, 1.807) is 11.3 Å². The number of hydrogen-bond donors (Lipinski definition) is 0. The zero-order valence-electron chi connectivity index (χ0n) is 14.8. The zero-order chi connectivity index (χ0) is 19.1. The van der Waals surface area contributed by atoms with Gasteiger partial charge in [-0.1, -0.05) is 30.3 Å². The maximum absolute atomic E-state index is 3.86. The molecule has 136 valence electrons. The van der Waals surface area contributed by atoms with Crippen LogP contribution in [0.3, 0.4) is 0 Å². The first kappa shape index (κ1) is 19.2. The molecular weight excluding hydrogens is 550 g/mol. The quantitative estimate of drug-likeness (QED) is 0.239. The van der Waals surface area contributed by atoms with Crippen LogP contribution in [0.4, 0.5) is 16.4 Å². The number of hydrogen-bond acceptors (Lipinski definition) is 2. The van der Waals surface area contributed by atoms with Gasteiger partial charge in [-0.25, -0.2) is 0 Å². The van der Waals surface area contributed by atoms with Crippen LogP contribution < -0.4 is 4.90 Å². The van der Waals surface area contributed by atoms with Gasteiger partial charge in [0.05, 0.1) is 15.8 Å². The van der Waals surface area contributed by atoms with Crippen LogP contribution in [-0.2, 0) is 0 Å². The lowest BCUT2D eigenvalue weighted by molar-refractivity contribution is 1.27. The van der Waals surface area contributed by atoms with Crippen molar-refractivity contribution in [2.45, 2.75) is 13.8 Å². The van der Waals surface area contributed by atoms with E-state index in [0.717, 1.165) is 29.8 Å². The number of anilines is 3. The van der Waals surface area contributed by atoms with Crippen LogP contribution in [0.15, 0.2) is 74.1 Å². The Morgan fingerprint density at radius 3 is 1.81 bits per heavy atom. The summed E-state index contributed by atoms with van der Waals surface area (Å²) in [4.78, 5) is 2.31. The van der Waals surface area contributed by atoms with Crippen LogP contribution in [0.25, 0.3) is 10.1 Å². The highest BCUT2D eigenvalue weighted by atomic mass is 79.9. The molecular formula is C22H16Br3NS. The first-order chi connectivity index (χ1) is 13.0. The fourth-order valence-electron chi connectivity index (χ4n) is 3.08. The second-order valence-corrected chi connectivity index (χ2v) is 9.99. The molecule has 0 radical (unpaired) electrons. The molecule has 0 aliphatic rings. The molecule has 0 amide bonds. The Kier molecular flexibility index (Phi) is 5.48. The van der Waals surface area contributed by atoms with Gasteiger partial charge in [-0.2, -0.15) is 0 Å². The van der Waals surface area contributed by atoms with E-state index >= 15 is 0 Å². The van der Waals surface area contributed by atoms with E-state index in [9.17, 15) is 0 Å². The normalized spacial score (nSPS) is 11.1. The van der Waals surface area contributed by atoms with Crippen molar-refractivity contribution in [3.63, 3.8) is 0 Å². The molecule has 1 nitrogen and oxygen atoms in total. The van der Waals surface area contributed by atoms with E-state index in [-0.39, 0.29) is 0 Å². The Balaban J connectivity index is 2.02. The Labute approximate surface area is 188 Å². The average Bonchev–Trinajstić information content (AvgIpc) is 2.96. The summed E-state index contributed by atoms with van der Waals surface area (Å²) in [6.45, 7) is 4.21. The lowest BCUT2D eigenvalue weighted by Crippen LogP contribution is -2.10. The molecule has 0 unspecified atom stereocenters. The molecule has 0 aliphatic heterocycles. The summed E-state index contributed by atoms with van der Waals surface area (Å²) < 4.78 is 4.51. The van der Waals surface area contributed by atoms with E-state index < -0.39 is 0 Å². The molecule has 1 heterocycles. The van der Waals surface area contributed by atoms with E-state index in [1.807, 2.05) is 0 Å². The fraction of sp³-hybridized carbons (Fsp3) is 0.0909. The fourth-order valence-corrected chi connectivity index (χ4v) is 6.44. The summed E-state index contributed by atoms with van der Waals surface area (Å²) in [6, 6.07) is 21.4. The van der Waals surface area contributed by atoms with E-state index in [0.29, 0.717) is 0 Å². The van der Waals surface area contributed by atoms with Crippen molar-refractivity contribution >= 4 is 85.6 Å². The first-order valence-electron chi connectivity index (χ1n) is 8.45. The molecule has 0 saturated heterocycles. The van der Waals surface area contributed by atoms with Gasteiger partial charge in [-0.3, -0.25) is 4.90 Å². The van der Waals surface area contributed by atoms with E-state index in [1.165, 1.54) is 21.2 Å². The molecule has 0 spiro atoms. The zero-order valence-corrected chi connectivity index (χ0v) is 20.3. The molecule has 4 rings (SSSR count). The minimum Gasteiger partial charge on any atom is -0.299 e. The van der Waals surface area contributed by atoms with Gasteiger partial charge >= 0.3 is 0 Å². The number of halogens is 3. The van der Waals surface area contributed by atoms with Gasteiger partial charge in [0.2, 0.25) is 0 Å². The van der Waals surface area contributed by atoms with Crippen molar-refractivity contribution in [2.24, 2.45) is 0 Å². The van der Waals surface area contributed by atoms with Gasteiger partial charge in [0.25, 0.3) is 0 Å². The van der Waals surface area contributed by atoms with Crippen molar-refractivity contribution in [1.29, 1.82) is 0 Å². The average molecular weight is 566 g/mol. The Morgan fingerprint density at radius 1 is 0.741 bits per heavy atom. The minimum absolute atomic E-state index is 1.07. The van der Waals surface area contributed by atoms with Crippen LogP contribution in [-0.4, -0.2) is 0 Å². The Bertz CT molecular complexity index is 1100. The highest BCUT2D eigenvalue weighted by molar-refractivity contribution is 9.11. The number of benzene rings is 3. The van der Waals surface area contributed by atoms with Gasteiger partial charge in [0.15, 0.2) is 0 Å². The van der Waals surface area contributed by atoms with Gasteiger partial charge in [-0.05, 0) is 103 Å². The first-order valence-corrected chi connectivity index (χ1v) is 11.6. The van der Waals surface area contributed by atoms with Crippen molar-refractivity contribution < 1.29 is 0 Å². The largest absolute Gasteiger partial charge is 0.299 e. The van der Waals surface area contributed by atoms with Gasteiger partial charge in [0, 0.05) is 19.0 Å². The maximum atomic E-state index is 3.86. The molecule has 0 bridgehead atoms.